The molecular weight excluding hydrogens is 280 g/mol. The quantitative estimate of drug-likeness (QED) is 0.762. The van der Waals surface area contributed by atoms with Crippen LogP contribution >= 0.6 is 0 Å². The number of fused-ring (bicyclic) bond motifs is 1. The minimum absolute atomic E-state index is 0.260. The molecule has 1 aromatic rings. The van der Waals surface area contributed by atoms with Gasteiger partial charge in [-0.15, -0.1) is 0 Å². The number of ether oxygens (including phenoxy) is 2. The molecule has 0 bridgehead atoms. The van der Waals surface area contributed by atoms with Gasteiger partial charge in [-0.3, -0.25) is 14.9 Å². The molecule has 0 aromatic heterocycles. The monoisotopic (exact) mass is 294 g/mol. The summed E-state index contributed by atoms with van der Waals surface area (Å²) in [6.07, 6.45) is -0.590. The normalized spacial score (nSPS) is 12.4. The largest absolute Gasteiger partial charge is 0.486 e. The second kappa shape index (κ2) is 6.60. The van der Waals surface area contributed by atoms with Gasteiger partial charge < -0.3 is 19.9 Å². The average Bonchev–Trinajstić information content (AvgIpc) is 2.45. The molecule has 0 atom stereocenters. The molecule has 112 valence electrons. The van der Waals surface area contributed by atoms with E-state index in [0.29, 0.717) is 30.4 Å². The molecule has 1 heterocycles. The zero-order valence-electron chi connectivity index (χ0n) is 11.0. The number of carbonyl (C=O) groups is 3. The van der Waals surface area contributed by atoms with Gasteiger partial charge in [0.2, 0.25) is 5.91 Å². The van der Waals surface area contributed by atoms with Crippen molar-refractivity contribution < 1.29 is 29.0 Å². The highest BCUT2D eigenvalue weighted by molar-refractivity contribution is 6.01. The van der Waals surface area contributed by atoms with Crippen molar-refractivity contribution in [3.05, 3.63) is 18.2 Å². The second-order valence-electron chi connectivity index (χ2n) is 4.25. The first kappa shape index (κ1) is 14.6. The van der Waals surface area contributed by atoms with Gasteiger partial charge in [0.25, 0.3) is 0 Å². The molecule has 0 spiro atoms. The lowest BCUT2D eigenvalue weighted by Gasteiger charge is -2.19. The lowest BCUT2D eigenvalue weighted by Crippen LogP contribution is -2.34. The number of carbonyl (C=O) groups excluding carboxylic acids is 2. The Hall–Kier alpha value is -2.77. The van der Waals surface area contributed by atoms with E-state index in [1.54, 1.807) is 18.2 Å². The van der Waals surface area contributed by atoms with Crippen LogP contribution in [-0.2, 0) is 9.59 Å². The van der Waals surface area contributed by atoms with Crippen LogP contribution in [0.2, 0.25) is 0 Å². The van der Waals surface area contributed by atoms with Crippen molar-refractivity contribution in [3.63, 3.8) is 0 Å². The molecule has 0 saturated heterocycles. The van der Waals surface area contributed by atoms with Crippen LogP contribution < -0.4 is 20.1 Å². The summed E-state index contributed by atoms with van der Waals surface area (Å²) in [5.41, 5.74) is 0.433. The highest BCUT2D eigenvalue weighted by atomic mass is 16.6. The van der Waals surface area contributed by atoms with Gasteiger partial charge in [-0.1, -0.05) is 0 Å². The van der Waals surface area contributed by atoms with Crippen molar-refractivity contribution in [2.24, 2.45) is 0 Å². The van der Waals surface area contributed by atoms with Gasteiger partial charge in [-0.2, -0.15) is 0 Å². The lowest BCUT2D eigenvalue weighted by molar-refractivity contribution is -0.138. The first-order valence-corrected chi connectivity index (χ1v) is 6.27. The summed E-state index contributed by atoms with van der Waals surface area (Å²) in [7, 11) is 0. The molecule has 3 amide bonds. The fraction of sp³-hybridized carbons (Fsp3) is 0.308. The number of hydrogen-bond acceptors (Lipinski definition) is 5. The number of carboxylic acids is 1. The van der Waals surface area contributed by atoms with Gasteiger partial charge in [0.05, 0.1) is 6.42 Å². The van der Waals surface area contributed by atoms with Crippen LogP contribution in [0.15, 0.2) is 18.2 Å². The van der Waals surface area contributed by atoms with Crippen LogP contribution in [0.5, 0.6) is 11.5 Å². The van der Waals surface area contributed by atoms with Crippen LogP contribution in [0.1, 0.15) is 12.8 Å². The number of carboxylic acid groups (broad SMARTS) is 1. The summed E-state index contributed by atoms with van der Waals surface area (Å²) in [6.45, 7) is 0.897. The molecule has 1 aliphatic rings. The van der Waals surface area contributed by atoms with E-state index in [0.717, 1.165) is 0 Å². The number of rotatable bonds is 4. The van der Waals surface area contributed by atoms with E-state index in [2.05, 4.69) is 5.32 Å². The number of benzene rings is 1. The van der Waals surface area contributed by atoms with E-state index in [-0.39, 0.29) is 12.8 Å². The van der Waals surface area contributed by atoms with E-state index in [1.165, 1.54) is 0 Å². The number of aliphatic carboxylic acids is 1. The summed E-state index contributed by atoms with van der Waals surface area (Å²) in [6, 6.07) is 4.10. The van der Waals surface area contributed by atoms with E-state index in [9.17, 15) is 14.4 Å². The van der Waals surface area contributed by atoms with E-state index >= 15 is 0 Å². The Morgan fingerprint density at radius 2 is 1.81 bits per heavy atom. The summed E-state index contributed by atoms with van der Waals surface area (Å²) in [5.74, 6) is -0.661. The first-order chi connectivity index (χ1) is 10.0. The van der Waals surface area contributed by atoms with Crippen molar-refractivity contribution in [1.29, 1.82) is 0 Å². The molecular formula is C13H14N2O6. The minimum Gasteiger partial charge on any atom is -0.486 e. The Morgan fingerprint density at radius 3 is 2.52 bits per heavy atom. The Morgan fingerprint density at radius 1 is 1.10 bits per heavy atom. The Labute approximate surface area is 120 Å². The molecule has 0 unspecified atom stereocenters. The van der Waals surface area contributed by atoms with Gasteiger partial charge in [0.1, 0.15) is 13.2 Å². The molecule has 3 N–H and O–H groups in total. The Kier molecular flexibility index (Phi) is 4.60. The van der Waals surface area contributed by atoms with Crippen LogP contribution in [0.4, 0.5) is 10.5 Å². The topological polar surface area (TPSA) is 114 Å². The summed E-state index contributed by atoms with van der Waals surface area (Å²) in [5, 5.41) is 12.9. The smallest absolute Gasteiger partial charge is 0.325 e. The molecule has 21 heavy (non-hydrogen) atoms. The van der Waals surface area contributed by atoms with Crippen molar-refractivity contribution in [2.45, 2.75) is 12.8 Å². The van der Waals surface area contributed by atoms with Crippen molar-refractivity contribution in [2.75, 3.05) is 18.5 Å². The highest BCUT2D eigenvalue weighted by Gasteiger charge is 2.14. The number of anilines is 1. The van der Waals surface area contributed by atoms with Crippen molar-refractivity contribution in [1.82, 2.24) is 5.32 Å². The lowest BCUT2D eigenvalue weighted by atomic mass is 10.2. The zero-order valence-corrected chi connectivity index (χ0v) is 11.0. The molecule has 0 saturated carbocycles. The van der Waals surface area contributed by atoms with Crippen molar-refractivity contribution in [3.8, 4) is 11.5 Å². The van der Waals surface area contributed by atoms with Gasteiger partial charge >= 0.3 is 12.0 Å². The van der Waals surface area contributed by atoms with Gasteiger partial charge in [0.15, 0.2) is 11.5 Å². The molecule has 0 radical (unpaired) electrons. The predicted octanol–water partition coefficient (Wildman–Crippen LogP) is 0.971. The number of amides is 3. The molecule has 0 aliphatic carbocycles. The minimum atomic E-state index is -1.10. The Balaban J connectivity index is 1.87. The van der Waals surface area contributed by atoms with Crippen molar-refractivity contribution >= 4 is 23.6 Å². The van der Waals surface area contributed by atoms with E-state index < -0.39 is 17.9 Å². The van der Waals surface area contributed by atoms with Gasteiger partial charge in [0, 0.05) is 18.2 Å². The van der Waals surface area contributed by atoms with Gasteiger partial charge in [-0.05, 0) is 12.1 Å². The number of nitrogens with one attached hydrogen (secondary N) is 2. The zero-order chi connectivity index (χ0) is 15.2. The predicted molar refractivity (Wildman–Crippen MR) is 71.5 cm³/mol. The molecule has 8 heteroatoms. The van der Waals surface area contributed by atoms with Crippen LogP contribution in [-0.4, -0.2) is 36.2 Å². The number of hydrogen-bond donors (Lipinski definition) is 3. The van der Waals surface area contributed by atoms with Crippen LogP contribution in [0.25, 0.3) is 0 Å². The van der Waals surface area contributed by atoms with E-state index in [4.69, 9.17) is 14.6 Å². The summed E-state index contributed by atoms with van der Waals surface area (Å²) >= 11 is 0. The standard InChI is InChI=1S/C13H14N2O6/c16-11(3-4-12(17)18)15-13(19)14-8-1-2-9-10(7-8)21-6-5-20-9/h1-2,7H,3-6H2,(H,17,18)(H2,14,15,16,19). The highest BCUT2D eigenvalue weighted by Crippen LogP contribution is 2.32. The fourth-order valence-electron chi connectivity index (χ4n) is 1.69. The van der Waals surface area contributed by atoms with Crippen LogP contribution in [0, 0.1) is 0 Å². The maximum atomic E-state index is 11.6. The number of imide groups is 1. The summed E-state index contributed by atoms with van der Waals surface area (Å²) < 4.78 is 10.7. The molecule has 2 rings (SSSR count). The number of urea groups is 1. The molecule has 0 fully saturated rings. The Bertz CT molecular complexity index is 572. The molecule has 8 nitrogen and oxygen atoms in total. The van der Waals surface area contributed by atoms with E-state index in [1.807, 2.05) is 5.32 Å². The fourth-order valence-corrected chi connectivity index (χ4v) is 1.69. The third kappa shape index (κ3) is 4.37. The van der Waals surface area contributed by atoms with Crippen LogP contribution in [0.3, 0.4) is 0 Å². The average molecular weight is 294 g/mol. The SMILES string of the molecule is O=C(O)CCC(=O)NC(=O)Nc1ccc2c(c1)OCCO2. The summed E-state index contributed by atoms with van der Waals surface area (Å²) in [4.78, 5) is 33.2. The second-order valence-corrected chi connectivity index (χ2v) is 4.25. The molecule has 1 aromatic carbocycles. The van der Waals surface area contributed by atoms with Gasteiger partial charge in [-0.25, -0.2) is 4.79 Å². The first-order valence-electron chi connectivity index (χ1n) is 6.27. The third-order valence-corrected chi connectivity index (χ3v) is 2.62. The molecule has 1 aliphatic heterocycles. The maximum absolute atomic E-state index is 11.6. The maximum Gasteiger partial charge on any atom is 0.325 e. The third-order valence-electron chi connectivity index (χ3n) is 2.62.